The van der Waals surface area contributed by atoms with Gasteiger partial charge >= 0.3 is 0 Å². The van der Waals surface area contributed by atoms with Gasteiger partial charge in [-0.05, 0) is 55.5 Å². The summed E-state index contributed by atoms with van der Waals surface area (Å²) in [6, 6.07) is 22.9. The van der Waals surface area contributed by atoms with Gasteiger partial charge in [0.1, 0.15) is 24.3 Å². The summed E-state index contributed by atoms with van der Waals surface area (Å²) in [7, 11) is 0. The van der Waals surface area contributed by atoms with Gasteiger partial charge in [-0.15, -0.1) is 0 Å². The van der Waals surface area contributed by atoms with Crippen molar-refractivity contribution >= 4 is 34.2 Å². The molecule has 2 heterocycles. The summed E-state index contributed by atoms with van der Waals surface area (Å²) < 4.78 is 7.78. The molecule has 1 aliphatic rings. The molecule has 3 aromatic carbocycles. The molecule has 1 aliphatic heterocycles. The van der Waals surface area contributed by atoms with Gasteiger partial charge in [0.25, 0.3) is 0 Å². The van der Waals surface area contributed by atoms with Crippen molar-refractivity contribution in [2.75, 3.05) is 18.1 Å². The molecule has 1 N–H and O–H groups in total. The van der Waals surface area contributed by atoms with Crippen molar-refractivity contribution in [2.24, 2.45) is 0 Å². The lowest BCUT2D eigenvalue weighted by Gasteiger charge is -2.19. The molecule has 0 saturated carbocycles. The zero-order valence-electron chi connectivity index (χ0n) is 18.9. The highest BCUT2D eigenvalue weighted by molar-refractivity contribution is 6.30. The Labute approximate surface area is 203 Å². The van der Waals surface area contributed by atoms with Crippen LogP contribution >= 0.6 is 11.6 Å². The first kappa shape index (κ1) is 22.4. The number of carbonyl (C=O) groups is 1. The van der Waals surface area contributed by atoms with Gasteiger partial charge in [-0.3, -0.25) is 4.79 Å². The highest BCUT2D eigenvalue weighted by Gasteiger charge is 2.35. The molecule has 0 bridgehead atoms. The Balaban J connectivity index is 1.37. The van der Waals surface area contributed by atoms with Crippen LogP contribution in [0.4, 0.5) is 5.69 Å². The Bertz CT molecular complexity index is 1300. The number of rotatable bonds is 7. The second-order valence-electron chi connectivity index (χ2n) is 8.73. The van der Waals surface area contributed by atoms with E-state index in [-0.39, 0.29) is 18.4 Å². The Morgan fingerprint density at radius 1 is 1.09 bits per heavy atom. The molecule has 2 atom stereocenters. The number of hydrogen-bond donors (Lipinski definition) is 1. The molecule has 1 aromatic heterocycles. The zero-order valence-corrected chi connectivity index (χ0v) is 19.7. The fraction of sp³-hybridized carbons (Fsp3) is 0.259. The number of benzene rings is 3. The maximum Gasteiger partial charge on any atom is 0.227 e. The summed E-state index contributed by atoms with van der Waals surface area (Å²) in [6.45, 7) is 3.04. The Hall–Kier alpha value is -3.35. The summed E-state index contributed by atoms with van der Waals surface area (Å²) in [6.07, 6.45) is -0.369. The molecule has 1 fully saturated rings. The topological polar surface area (TPSA) is 67.6 Å². The largest absolute Gasteiger partial charge is 0.491 e. The molecule has 0 radical (unpaired) electrons. The van der Waals surface area contributed by atoms with Gasteiger partial charge in [0.05, 0.1) is 17.6 Å². The number of ether oxygens (including phenoxy) is 1. The van der Waals surface area contributed by atoms with E-state index in [0.29, 0.717) is 30.3 Å². The second-order valence-corrected chi connectivity index (χ2v) is 9.17. The van der Waals surface area contributed by atoms with E-state index >= 15 is 0 Å². The molecule has 0 unspecified atom stereocenters. The van der Waals surface area contributed by atoms with Crippen molar-refractivity contribution in [3.63, 3.8) is 0 Å². The van der Waals surface area contributed by atoms with Crippen molar-refractivity contribution in [2.45, 2.75) is 31.9 Å². The zero-order chi connectivity index (χ0) is 23.7. The molecule has 1 saturated heterocycles. The van der Waals surface area contributed by atoms with Crippen molar-refractivity contribution in [3.8, 4) is 5.75 Å². The normalized spacial score (nSPS) is 16.9. The number of halogens is 1. The SMILES string of the molecule is Cc1ccc(N2C[C@H](c3nc4ccccc4n3C[C@H](O)COc3ccc(Cl)cc3)CC2=O)cc1. The first-order valence-electron chi connectivity index (χ1n) is 11.4. The number of imidazole rings is 1. The summed E-state index contributed by atoms with van der Waals surface area (Å²) >= 11 is 5.93. The number of aryl methyl sites for hydroxylation is 1. The minimum Gasteiger partial charge on any atom is -0.491 e. The maximum absolute atomic E-state index is 12.9. The van der Waals surface area contributed by atoms with Gasteiger partial charge in [0, 0.05) is 29.6 Å². The van der Waals surface area contributed by atoms with Gasteiger partial charge in [-0.2, -0.15) is 0 Å². The molecule has 34 heavy (non-hydrogen) atoms. The molecule has 5 rings (SSSR count). The first-order valence-corrected chi connectivity index (χ1v) is 11.7. The quantitative estimate of drug-likeness (QED) is 0.410. The third-order valence-corrected chi connectivity index (χ3v) is 6.42. The van der Waals surface area contributed by atoms with E-state index in [1.54, 1.807) is 24.3 Å². The average molecular weight is 476 g/mol. The van der Waals surface area contributed by atoms with Crippen molar-refractivity contribution in [3.05, 3.63) is 89.2 Å². The van der Waals surface area contributed by atoms with E-state index < -0.39 is 6.10 Å². The number of aliphatic hydroxyl groups is 1. The Morgan fingerprint density at radius 3 is 2.59 bits per heavy atom. The second kappa shape index (κ2) is 9.49. The number of aromatic nitrogens is 2. The van der Waals surface area contributed by atoms with Crippen molar-refractivity contribution in [1.82, 2.24) is 9.55 Å². The van der Waals surface area contributed by atoms with Crippen LogP contribution in [0.15, 0.2) is 72.8 Å². The Kier molecular flexibility index (Phi) is 6.26. The first-order chi connectivity index (χ1) is 16.5. The molecular formula is C27H26ClN3O3. The molecule has 7 heteroatoms. The number of aliphatic hydroxyl groups excluding tert-OH is 1. The predicted molar refractivity (Wildman–Crippen MR) is 134 cm³/mol. The maximum atomic E-state index is 12.9. The van der Waals surface area contributed by atoms with Crippen LogP contribution in [-0.2, 0) is 11.3 Å². The van der Waals surface area contributed by atoms with E-state index in [0.717, 1.165) is 28.1 Å². The van der Waals surface area contributed by atoms with Crippen LogP contribution in [0.2, 0.25) is 5.02 Å². The number of nitrogens with zero attached hydrogens (tertiary/aromatic N) is 3. The van der Waals surface area contributed by atoms with E-state index in [1.807, 2.05) is 64.9 Å². The minimum absolute atomic E-state index is 0.0643. The molecule has 4 aromatic rings. The third kappa shape index (κ3) is 4.65. The third-order valence-electron chi connectivity index (χ3n) is 6.17. The number of carbonyl (C=O) groups excluding carboxylic acids is 1. The molecule has 174 valence electrons. The molecule has 0 aliphatic carbocycles. The number of amides is 1. The number of para-hydroxylation sites is 2. The summed E-state index contributed by atoms with van der Waals surface area (Å²) in [4.78, 5) is 19.6. The van der Waals surface area contributed by atoms with Gasteiger partial charge in [-0.1, -0.05) is 41.4 Å². The van der Waals surface area contributed by atoms with Gasteiger partial charge in [0.2, 0.25) is 5.91 Å². The molecular weight excluding hydrogens is 450 g/mol. The fourth-order valence-corrected chi connectivity index (χ4v) is 4.57. The lowest BCUT2D eigenvalue weighted by Crippen LogP contribution is -2.26. The standard InChI is InChI=1S/C27H26ClN3O3/c1-18-6-10-21(11-7-18)30-15-19(14-26(30)33)27-29-24-4-2-3-5-25(24)31(27)16-22(32)17-34-23-12-8-20(28)9-13-23/h2-13,19,22,32H,14-17H2,1H3/t19-,22+/m1/s1. The van der Waals surface area contributed by atoms with Crippen LogP contribution in [-0.4, -0.2) is 39.8 Å². The van der Waals surface area contributed by atoms with E-state index in [1.165, 1.54) is 0 Å². The van der Waals surface area contributed by atoms with Crippen LogP contribution in [0.1, 0.15) is 23.7 Å². The summed E-state index contributed by atoms with van der Waals surface area (Å²) in [5.41, 5.74) is 3.84. The van der Waals surface area contributed by atoms with Crippen LogP contribution < -0.4 is 9.64 Å². The average Bonchev–Trinajstić information content (AvgIpc) is 3.40. The predicted octanol–water partition coefficient (Wildman–Crippen LogP) is 4.96. The van der Waals surface area contributed by atoms with Crippen molar-refractivity contribution in [1.29, 1.82) is 0 Å². The van der Waals surface area contributed by atoms with Crippen LogP contribution in [0.25, 0.3) is 11.0 Å². The van der Waals surface area contributed by atoms with Crippen LogP contribution in [0.5, 0.6) is 5.75 Å². The van der Waals surface area contributed by atoms with Gasteiger partial charge in [0.15, 0.2) is 0 Å². The summed E-state index contributed by atoms with van der Waals surface area (Å²) in [5.74, 6) is 1.48. The lowest BCUT2D eigenvalue weighted by atomic mass is 10.1. The highest BCUT2D eigenvalue weighted by Crippen LogP contribution is 2.33. The number of anilines is 1. The van der Waals surface area contributed by atoms with Gasteiger partial charge < -0.3 is 19.3 Å². The smallest absolute Gasteiger partial charge is 0.227 e. The van der Waals surface area contributed by atoms with E-state index in [9.17, 15) is 9.90 Å². The summed E-state index contributed by atoms with van der Waals surface area (Å²) in [5, 5.41) is 11.4. The fourth-order valence-electron chi connectivity index (χ4n) is 4.44. The van der Waals surface area contributed by atoms with Crippen LogP contribution in [0.3, 0.4) is 0 Å². The van der Waals surface area contributed by atoms with E-state index in [4.69, 9.17) is 21.3 Å². The molecule has 0 spiro atoms. The minimum atomic E-state index is -0.752. The van der Waals surface area contributed by atoms with Crippen molar-refractivity contribution < 1.29 is 14.6 Å². The lowest BCUT2D eigenvalue weighted by molar-refractivity contribution is -0.117. The highest BCUT2D eigenvalue weighted by atomic mass is 35.5. The van der Waals surface area contributed by atoms with Gasteiger partial charge in [-0.25, -0.2) is 4.98 Å². The molecule has 6 nitrogen and oxygen atoms in total. The Morgan fingerprint density at radius 2 is 1.82 bits per heavy atom. The number of hydrogen-bond acceptors (Lipinski definition) is 4. The molecule has 1 amide bonds. The number of fused-ring (bicyclic) bond motifs is 1. The van der Waals surface area contributed by atoms with Crippen LogP contribution in [0, 0.1) is 6.92 Å². The van der Waals surface area contributed by atoms with E-state index in [2.05, 4.69) is 0 Å². The monoisotopic (exact) mass is 475 g/mol.